The van der Waals surface area contributed by atoms with Crippen LogP contribution in [-0.2, 0) is 9.53 Å². The van der Waals surface area contributed by atoms with E-state index in [-0.39, 0.29) is 12.5 Å². The lowest BCUT2D eigenvalue weighted by atomic mass is 10.2. The van der Waals surface area contributed by atoms with Gasteiger partial charge in [-0.1, -0.05) is 18.2 Å². The number of methoxy groups -OCH3 is 1. The molecule has 92 valence electrons. The van der Waals surface area contributed by atoms with Crippen molar-refractivity contribution in [3.8, 4) is 0 Å². The van der Waals surface area contributed by atoms with E-state index >= 15 is 0 Å². The number of nitrogens with two attached hydrogens (primary N) is 1. The second-order valence-electron chi connectivity index (χ2n) is 3.46. The summed E-state index contributed by atoms with van der Waals surface area (Å²) in [4.78, 5) is 24.6. The second-order valence-corrected chi connectivity index (χ2v) is 3.46. The molecular weight excluding hydrogens is 220 g/mol. The standard InChI is InChI=1S/C12H16N2O3/c1-17-11(15)9-14(8-7-13)12(16)10-5-3-2-4-6-10/h2-6H,7-9,13H2,1H3. The maximum atomic E-state index is 12.0. The van der Waals surface area contributed by atoms with E-state index in [1.807, 2.05) is 6.07 Å². The van der Waals surface area contributed by atoms with Crippen LogP contribution in [0.5, 0.6) is 0 Å². The van der Waals surface area contributed by atoms with Gasteiger partial charge in [0.2, 0.25) is 0 Å². The van der Waals surface area contributed by atoms with Crippen molar-refractivity contribution in [2.45, 2.75) is 0 Å². The first-order chi connectivity index (χ1) is 8.19. The maximum Gasteiger partial charge on any atom is 0.325 e. The molecular formula is C12H16N2O3. The fraction of sp³-hybridized carbons (Fsp3) is 0.333. The fourth-order valence-electron chi connectivity index (χ4n) is 1.39. The quantitative estimate of drug-likeness (QED) is 0.744. The van der Waals surface area contributed by atoms with Crippen LogP contribution in [0.2, 0.25) is 0 Å². The van der Waals surface area contributed by atoms with Crippen LogP contribution >= 0.6 is 0 Å². The van der Waals surface area contributed by atoms with E-state index in [2.05, 4.69) is 4.74 Å². The van der Waals surface area contributed by atoms with E-state index < -0.39 is 5.97 Å². The van der Waals surface area contributed by atoms with Crippen LogP contribution in [0.15, 0.2) is 30.3 Å². The number of esters is 1. The summed E-state index contributed by atoms with van der Waals surface area (Å²) in [5.74, 6) is -0.677. The van der Waals surface area contributed by atoms with Crippen LogP contribution in [-0.4, -0.2) is 43.5 Å². The van der Waals surface area contributed by atoms with Gasteiger partial charge in [-0.3, -0.25) is 9.59 Å². The Morgan fingerprint density at radius 1 is 1.29 bits per heavy atom. The first kappa shape index (κ1) is 13.2. The van der Waals surface area contributed by atoms with Gasteiger partial charge in [0, 0.05) is 18.7 Å². The molecule has 0 saturated carbocycles. The summed E-state index contributed by atoms with van der Waals surface area (Å²) >= 11 is 0. The molecule has 5 heteroatoms. The largest absolute Gasteiger partial charge is 0.468 e. The van der Waals surface area contributed by atoms with Gasteiger partial charge in [0.15, 0.2) is 0 Å². The number of carbonyl (C=O) groups excluding carboxylic acids is 2. The van der Waals surface area contributed by atoms with Crippen molar-refractivity contribution in [3.05, 3.63) is 35.9 Å². The van der Waals surface area contributed by atoms with Gasteiger partial charge < -0.3 is 15.4 Å². The second kappa shape index (κ2) is 6.65. The average Bonchev–Trinajstić information content (AvgIpc) is 2.38. The van der Waals surface area contributed by atoms with Crippen molar-refractivity contribution in [2.24, 2.45) is 5.73 Å². The van der Waals surface area contributed by atoms with Gasteiger partial charge >= 0.3 is 5.97 Å². The number of amides is 1. The van der Waals surface area contributed by atoms with E-state index in [1.165, 1.54) is 12.0 Å². The predicted octanol–water partition coefficient (Wildman–Crippen LogP) is 0.261. The highest BCUT2D eigenvalue weighted by Gasteiger charge is 2.17. The highest BCUT2D eigenvalue weighted by atomic mass is 16.5. The highest BCUT2D eigenvalue weighted by molar-refractivity contribution is 5.95. The molecule has 0 atom stereocenters. The van der Waals surface area contributed by atoms with Crippen LogP contribution in [0, 0.1) is 0 Å². The van der Waals surface area contributed by atoms with E-state index in [9.17, 15) is 9.59 Å². The summed E-state index contributed by atoms with van der Waals surface area (Å²) in [6, 6.07) is 8.76. The molecule has 0 aliphatic carbocycles. The molecule has 0 saturated heterocycles. The summed E-state index contributed by atoms with van der Waals surface area (Å²) in [5.41, 5.74) is 5.95. The third kappa shape index (κ3) is 3.88. The minimum Gasteiger partial charge on any atom is -0.468 e. The van der Waals surface area contributed by atoms with Gasteiger partial charge in [-0.2, -0.15) is 0 Å². The Kier molecular flexibility index (Phi) is 5.16. The van der Waals surface area contributed by atoms with Gasteiger partial charge in [-0.15, -0.1) is 0 Å². The van der Waals surface area contributed by atoms with Crippen molar-refractivity contribution in [1.29, 1.82) is 0 Å². The summed E-state index contributed by atoms with van der Waals surface area (Å²) < 4.78 is 4.54. The summed E-state index contributed by atoms with van der Waals surface area (Å²) in [7, 11) is 1.29. The molecule has 0 bridgehead atoms. The zero-order chi connectivity index (χ0) is 12.7. The SMILES string of the molecule is COC(=O)CN(CCN)C(=O)c1ccccc1. The van der Waals surface area contributed by atoms with Crippen molar-refractivity contribution in [1.82, 2.24) is 4.90 Å². The van der Waals surface area contributed by atoms with Gasteiger partial charge in [0.05, 0.1) is 7.11 Å². The van der Waals surface area contributed by atoms with Crippen LogP contribution < -0.4 is 5.73 Å². The Hall–Kier alpha value is -1.88. The molecule has 1 aromatic rings. The van der Waals surface area contributed by atoms with Gasteiger partial charge in [0.25, 0.3) is 5.91 Å². The Bertz CT molecular complexity index is 379. The molecule has 0 aliphatic rings. The molecule has 0 radical (unpaired) electrons. The number of ether oxygens (including phenoxy) is 1. The molecule has 1 amide bonds. The molecule has 0 fully saturated rings. The number of hydrogen-bond donors (Lipinski definition) is 1. The normalized spacial score (nSPS) is 9.76. The molecule has 0 aromatic heterocycles. The highest BCUT2D eigenvalue weighted by Crippen LogP contribution is 2.04. The summed E-state index contributed by atoms with van der Waals surface area (Å²) in [6.45, 7) is 0.541. The lowest BCUT2D eigenvalue weighted by Crippen LogP contribution is -2.39. The fourth-order valence-corrected chi connectivity index (χ4v) is 1.39. The lowest BCUT2D eigenvalue weighted by molar-refractivity contribution is -0.141. The third-order valence-corrected chi connectivity index (χ3v) is 2.25. The topological polar surface area (TPSA) is 72.6 Å². The zero-order valence-electron chi connectivity index (χ0n) is 9.76. The van der Waals surface area contributed by atoms with Crippen LogP contribution in [0.25, 0.3) is 0 Å². The smallest absolute Gasteiger partial charge is 0.325 e. The van der Waals surface area contributed by atoms with Crippen molar-refractivity contribution < 1.29 is 14.3 Å². The van der Waals surface area contributed by atoms with E-state index in [0.717, 1.165) is 0 Å². The molecule has 1 aromatic carbocycles. The Morgan fingerprint density at radius 3 is 2.47 bits per heavy atom. The van der Waals surface area contributed by atoms with Crippen LogP contribution in [0.1, 0.15) is 10.4 Å². The van der Waals surface area contributed by atoms with Gasteiger partial charge in [-0.25, -0.2) is 0 Å². The van der Waals surface area contributed by atoms with Crippen LogP contribution in [0.4, 0.5) is 0 Å². The molecule has 2 N–H and O–H groups in total. The lowest BCUT2D eigenvalue weighted by Gasteiger charge is -2.20. The van der Waals surface area contributed by atoms with Crippen LogP contribution in [0.3, 0.4) is 0 Å². The number of benzene rings is 1. The third-order valence-electron chi connectivity index (χ3n) is 2.25. The molecule has 0 spiro atoms. The number of rotatable bonds is 5. The van der Waals surface area contributed by atoms with E-state index in [1.54, 1.807) is 24.3 Å². The first-order valence-electron chi connectivity index (χ1n) is 5.30. The minimum atomic E-state index is -0.456. The molecule has 5 nitrogen and oxygen atoms in total. The monoisotopic (exact) mass is 236 g/mol. The summed E-state index contributed by atoms with van der Waals surface area (Å²) in [5, 5.41) is 0. The Morgan fingerprint density at radius 2 is 1.94 bits per heavy atom. The average molecular weight is 236 g/mol. The number of nitrogens with zero attached hydrogens (tertiary/aromatic N) is 1. The zero-order valence-corrected chi connectivity index (χ0v) is 9.76. The van der Waals surface area contributed by atoms with Crippen molar-refractivity contribution >= 4 is 11.9 Å². The maximum absolute atomic E-state index is 12.0. The van der Waals surface area contributed by atoms with E-state index in [4.69, 9.17) is 5.73 Å². The predicted molar refractivity (Wildman–Crippen MR) is 63.4 cm³/mol. The van der Waals surface area contributed by atoms with Crippen molar-refractivity contribution in [3.63, 3.8) is 0 Å². The molecule has 0 unspecified atom stereocenters. The summed E-state index contributed by atoms with van der Waals surface area (Å²) in [6.07, 6.45) is 0. The Balaban J connectivity index is 2.77. The van der Waals surface area contributed by atoms with E-state index in [0.29, 0.717) is 18.7 Å². The Labute approximate surface area is 100 Å². The number of carbonyl (C=O) groups is 2. The van der Waals surface area contributed by atoms with Gasteiger partial charge in [0.1, 0.15) is 6.54 Å². The first-order valence-corrected chi connectivity index (χ1v) is 5.30. The van der Waals surface area contributed by atoms with Crippen molar-refractivity contribution in [2.75, 3.05) is 26.7 Å². The molecule has 0 heterocycles. The molecule has 17 heavy (non-hydrogen) atoms. The molecule has 1 rings (SSSR count). The van der Waals surface area contributed by atoms with Gasteiger partial charge in [-0.05, 0) is 12.1 Å². The minimum absolute atomic E-state index is 0.0819. The number of hydrogen-bond acceptors (Lipinski definition) is 4. The molecule has 0 aliphatic heterocycles.